The predicted octanol–water partition coefficient (Wildman–Crippen LogP) is 14.2. The number of para-hydroxylation sites is 1. The number of imidazole rings is 1. The highest BCUT2D eigenvalue weighted by molar-refractivity contribution is 6.06. The van der Waals surface area contributed by atoms with Gasteiger partial charge in [-0.2, -0.15) is 0 Å². The maximum Gasteiger partial charge on any atom is 0.306 e. The Hall–Kier alpha value is -2.75. The Labute approximate surface area is 386 Å². The van der Waals surface area contributed by atoms with Crippen molar-refractivity contribution < 1.29 is 14.3 Å². The lowest BCUT2D eigenvalue weighted by atomic mass is 10.1. The van der Waals surface area contributed by atoms with Gasteiger partial charge in [-0.3, -0.25) is 4.79 Å². The molecule has 1 aromatic carbocycles. The van der Waals surface area contributed by atoms with Gasteiger partial charge in [0.15, 0.2) is 5.82 Å². The van der Waals surface area contributed by atoms with Crippen molar-refractivity contribution in [1.29, 1.82) is 0 Å². The molecule has 0 spiro atoms. The van der Waals surface area contributed by atoms with Gasteiger partial charge in [0, 0.05) is 18.4 Å². The number of rotatable bonds is 41. The van der Waals surface area contributed by atoms with Gasteiger partial charge in [0.05, 0.1) is 17.6 Å². The molecule has 0 radical (unpaired) electrons. The van der Waals surface area contributed by atoms with E-state index in [1.807, 2.05) is 45.0 Å². The summed E-state index contributed by atoms with van der Waals surface area (Å²) in [5.41, 5.74) is 8.03. The molecule has 0 fully saturated rings. The minimum Gasteiger partial charge on any atom is -0.458 e. The Morgan fingerprint density at radius 3 is 1.63 bits per heavy atom. The van der Waals surface area contributed by atoms with Crippen LogP contribution >= 0.6 is 0 Å². The second kappa shape index (κ2) is 33.7. The number of carbonyl (C=O) groups excluding carboxylic acids is 1. The summed E-state index contributed by atoms with van der Waals surface area (Å²) in [7, 11) is 0. The summed E-state index contributed by atoms with van der Waals surface area (Å²) >= 11 is 0. The number of pyridine rings is 1. The number of fused-ring (bicyclic) bond motifs is 3. The predicted molar refractivity (Wildman–Crippen MR) is 270 cm³/mol. The number of unbranched alkanes of at least 4 members (excludes halogenated alkanes) is 22. The lowest BCUT2D eigenvalue weighted by Gasteiger charge is -2.27. The fourth-order valence-corrected chi connectivity index (χ4v) is 9.21. The van der Waals surface area contributed by atoms with Crippen LogP contribution in [-0.2, 0) is 27.4 Å². The molecular weight excluding hydrogens is 781 g/mol. The molecular formula is C54H96N6O3. The Morgan fingerprint density at radius 2 is 1.10 bits per heavy atom. The van der Waals surface area contributed by atoms with Gasteiger partial charge in [0.25, 0.3) is 0 Å². The third-order valence-electron chi connectivity index (χ3n) is 13.0. The zero-order valence-electron chi connectivity index (χ0n) is 41.8. The number of carbonyl (C=O) groups is 1. The van der Waals surface area contributed by atoms with Crippen LogP contribution in [0.2, 0.25) is 0 Å². The zero-order chi connectivity index (χ0) is 45.4. The zero-order valence-corrected chi connectivity index (χ0v) is 41.8. The van der Waals surface area contributed by atoms with Crippen LogP contribution < -0.4 is 5.73 Å². The van der Waals surface area contributed by atoms with Gasteiger partial charge in [-0.1, -0.05) is 174 Å². The van der Waals surface area contributed by atoms with Crippen molar-refractivity contribution in [2.24, 2.45) is 0 Å². The maximum absolute atomic E-state index is 13.3. The molecule has 0 amide bonds. The summed E-state index contributed by atoms with van der Waals surface area (Å²) < 4.78 is 14.1. The van der Waals surface area contributed by atoms with E-state index in [1.54, 1.807) is 0 Å². The normalized spacial score (nSPS) is 12.2. The van der Waals surface area contributed by atoms with Crippen molar-refractivity contribution in [2.45, 2.75) is 234 Å². The summed E-state index contributed by atoms with van der Waals surface area (Å²) in [4.78, 5) is 28.2. The van der Waals surface area contributed by atoms with Crippen LogP contribution in [0, 0.1) is 0 Å². The molecule has 360 valence electrons. The molecule has 3 aromatic rings. The molecule has 0 saturated heterocycles. The standard InChI is InChI=1S/C54H96N6O3/c1-7-11-13-15-17-19-21-23-25-27-33-40-58(9-3)43-36-44-59(41-34-28-26-24-22-20-18-16-14-12-8-2)42-35-29-30-39-50(61)63-54(5,6)46-60-49(45-62-10-4)57-51-52(60)47-37-31-32-38-48(47)56-53(51)55/h31-32,37-38H,7-30,33-36,39-46H2,1-6H3,(H2,55,56). The van der Waals surface area contributed by atoms with Crippen molar-refractivity contribution in [3.05, 3.63) is 30.1 Å². The molecule has 0 bridgehead atoms. The minimum absolute atomic E-state index is 0.142. The average Bonchev–Trinajstić information content (AvgIpc) is 3.63. The first-order valence-electron chi connectivity index (χ1n) is 26.5. The van der Waals surface area contributed by atoms with Crippen LogP contribution in [0.4, 0.5) is 5.82 Å². The van der Waals surface area contributed by atoms with Gasteiger partial charge < -0.3 is 29.6 Å². The first-order chi connectivity index (χ1) is 30.7. The molecule has 9 nitrogen and oxygen atoms in total. The number of nitrogens with two attached hydrogens (primary N) is 1. The van der Waals surface area contributed by atoms with E-state index in [4.69, 9.17) is 20.2 Å². The topological polar surface area (TPSA) is 98.7 Å². The molecule has 0 atom stereocenters. The molecule has 2 aromatic heterocycles. The number of aromatic nitrogens is 3. The van der Waals surface area contributed by atoms with Gasteiger partial charge in [-0.15, -0.1) is 0 Å². The van der Waals surface area contributed by atoms with E-state index in [1.165, 1.54) is 174 Å². The Kier molecular flexibility index (Phi) is 29.2. The fraction of sp³-hybridized carbons (Fsp3) is 0.796. The molecule has 0 aliphatic heterocycles. The van der Waals surface area contributed by atoms with Gasteiger partial charge in [-0.05, 0) is 98.2 Å². The fourth-order valence-electron chi connectivity index (χ4n) is 9.21. The van der Waals surface area contributed by atoms with Gasteiger partial charge in [0.2, 0.25) is 0 Å². The Morgan fingerprint density at radius 1 is 0.619 bits per heavy atom. The van der Waals surface area contributed by atoms with E-state index in [2.05, 4.69) is 40.1 Å². The number of esters is 1. The van der Waals surface area contributed by atoms with Crippen LogP contribution in [0.5, 0.6) is 0 Å². The third kappa shape index (κ3) is 22.8. The number of anilines is 1. The molecule has 0 aliphatic rings. The highest BCUT2D eigenvalue weighted by atomic mass is 16.6. The molecule has 63 heavy (non-hydrogen) atoms. The SMILES string of the molecule is CCCCCCCCCCCCCN(CC)CCCN(CCCCCCCCCCCCC)CCCCCC(=O)OC(C)(C)Cn1c(COCC)nc2c(N)nc3ccccc3c21. The first-order valence-corrected chi connectivity index (χ1v) is 26.5. The molecule has 3 rings (SSSR count). The van der Waals surface area contributed by atoms with Crippen LogP contribution in [0.3, 0.4) is 0 Å². The molecule has 2 heterocycles. The molecule has 2 N–H and O–H groups in total. The monoisotopic (exact) mass is 877 g/mol. The Balaban J connectivity index is 1.43. The third-order valence-corrected chi connectivity index (χ3v) is 13.0. The molecule has 0 aliphatic carbocycles. The van der Waals surface area contributed by atoms with E-state index < -0.39 is 5.60 Å². The second-order valence-electron chi connectivity index (χ2n) is 19.2. The number of nitrogen functional groups attached to an aromatic ring is 1. The summed E-state index contributed by atoms with van der Waals surface area (Å²) in [6.45, 7) is 21.3. The van der Waals surface area contributed by atoms with Gasteiger partial charge >= 0.3 is 5.97 Å². The highest BCUT2D eigenvalue weighted by Crippen LogP contribution is 2.31. The van der Waals surface area contributed by atoms with Crippen LogP contribution in [0.1, 0.15) is 221 Å². The van der Waals surface area contributed by atoms with Crippen molar-refractivity contribution >= 4 is 33.7 Å². The number of hydrogen-bond acceptors (Lipinski definition) is 8. The smallest absolute Gasteiger partial charge is 0.306 e. The maximum atomic E-state index is 13.3. The van der Waals surface area contributed by atoms with Gasteiger partial charge in [-0.25, -0.2) is 9.97 Å². The average molecular weight is 877 g/mol. The van der Waals surface area contributed by atoms with Gasteiger partial charge in [0.1, 0.15) is 23.5 Å². The summed E-state index contributed by atoms with van der Waals surface area (Å²) in [5.74, 6) is 1.01. The summed E-state index contributed by atoms with van der Waals surface area (Å²) in [6.07, 6.45) is 35.3. The van der Waals surface area contributed by atoms with E-state index in [0.29, 0.717) is 37.5 Å². The van der Waals surface area contributed by atoms with E-state index >= 15 is 0 Å². The summed E-state index contributed by atoms with van der Waals surface area (Å²) in [5, 5.41) is 0.971. The van der Waals surface area contributed by atoms with Crippen LogP contribution in [0.15, 0.2) is 24.3 Å². The van der Waals surface area contributed by atoms with Crippen molar-refractivity contribution in [3.63, 3.8) is 0 Å². The van der Waals surface area contributed by atoms with Crippen LogP contribution in [0.25, 0.3) is 21.9 Å². The van der Waals surface area contributed by atoms with E-state index in [0.717, 1.165) is 54.6 Å². The minimum atomic E-state index is -0.754. The quantitative estimate of drug-likeness (QED) is 0.0444. The van der Waals surface area contributed by atoms with Crippen LogP contribution in [-0.4, -0.2) is 81.8 Å². The number of nitrogens with zero attached hydrogens (tertiary/aromatic N) is 5. The highest BCUT2D eigenvalue weighted by Gasteiger charge is 2.28. The Bertz CT molecular complexity index is 1610. The van der Waals surface area contributed by atoms with Crippen molar-refractivity contribution in [2.75, 3.05) is 51.6 Å². The van der Waals surface area contributed by atoms with Crippen molar-refractivity contribution in [3.8, 4) is 0 Å². The second-order valence-corrected chi connectivity index (χ2v) is 19.2. The molecule has 9 heteroatoms. The lowest BCUT2D eigenvalue weighted by Crippen LogP contribution is -2.34. The van der Waals surface area contributed by atoms with E-state index in [-0.39, 0.29) is 5.97 Å². The largest absolute Gasteiger partial charge is 0.458 e. The number of benzene rings is 1. The van der Waals surface area contributed by atoms with E-state index in [9.17, 15) is 4.79 Å². The molecule has 0 unspecified atom stereocenters. The molecule has 0 saturated carbocycles. The number of hydrogen-bond donors (Lipinski definition) is 1. The lowest BCUT2D eigenvalue weighted by molar-refractivity contribution is -0.157. The summed E-state index contributed by atoms with van der Waals surface area (Å²) in [6, 6.07) is 7.98. The van der Waals surface area contributed by atoms with Crippen molar-refractivity contribution in [1.82, 2.24) is 24.3 Å². The number of ether oxygens (including phenoxy) is 2. The first kappa shape index (κ1) is 54.6.